The first-order valence-electron chi connectivity index (χ1n) is 5.89. The van der Waals surface area contributed by atoms with Gasteiger partial charge in [-0.15, -0.1) is 0 Å². The van der Waals surface area contributed by atoms with Gasteiger partial charge in [0.15, 0.2) is 0 Å². The molecule has 0 unspecified atom stereocenters. The van der Waals surface area contributed by atoms with Crippen LogP contribution < -0.4 is 15.8 Å². The molecule has 0 atom stereocenters. The molecule has 0 aliphatic heterocycles. The van der Waals surface area contributed by atoms with Crippen LogP contribution in [0.5, 0.6) is 0 Å². The van der Waals surface area contributed by atoms with Crippen LogP contribution in [0, 0.1) is 5.82 Å². The van der Waals surface area contributed by atoms with Crippen molar-refractivity contribution in [3.63, 3.8) is 0 Å². The Balaban J connectivity index is 2.48. The van der Waals surface area contributed by atoms with Crippen LogP contribution in [-0.2, 0) is 10.0 Å². The molecule has 21 heavy (non-hydrogen) atoms. The van der Waals surface area contributed by atoms with Gasteiger partial charge < -0.3 is 11.1 Å². The lowest BCUT2D eigenvalue weighted by atomic mass is 10.2. The highest BCUT2D eigenvalue weighted by atomic mass is 35.5. The van der Waals surface area contributed by atoms with E-state index in [1.165, 1.54) is 43.4 Å². The molecule has 0 radical (unpaired) electrons. The summed E-state index contributed by atoms with van der Waals surface area (Å²) < 4.78 is 39.5. The summed E-state index contributed by atoms with van der Waals surface area (Å²) >= 11 is 5.91. The number of anilines is 3. The van der Waals surface area contributed by atoms with Gasteiger partial charge in [0.2, 0.25) is 10.0 Å². The molecule has 2 aromatic carbocycles. The molecule has 2 rings (SSSR count). The van der Waals surface area contributed by atoms with E-state index in [4.69, 9.17) is 17.3 Å². The molecule has 5 nitrogen and oxygen atoms in total. The summed E-state index contributed by atoms with van der Waals surface area (Å²) in [5.41, 5.74) is 6.33. The fourth-order valence-corrected chi connectivity index (χ4v) is 2.65. The number of para-hydroxylation sites is 1. The summed E-state index contributed by atoms with van der Waals surface area (Å²) in [6, 6.07) is 8.30. The minimum absolute atomic E-state index is 0.00848. The van der Waals surface area contributed by atoms with Crippen molar-refractivity contribution in [2.45, 2.75) is 4.90 Å². The summed E-state index contributed by atoms with van der Waals surface area (Å²) in [7, 11) is -2.32. The first-order valence-corrected chi connectivity index (χ1v) is 7.75. The van der Waals surface area contributed by atoms with Crippen molar-refractivity contribution in [2.75, 3.05) is 18.1 Å². The maximum Gasteiger partial charge on any atom is 0.240 e. The molecule has 0 saturated heterocycles. The second-order valence-electron chi connectivity index (χ2n) is 4.18. The van der Waals surface area contributed by atoms with E-state index in [9.17, 15) is 12.8 Å². The van der Waals surface area contributed by atoms with E-state index in [2.05, 4.69) is 10.0 Å². The molecular formula is C13H13ClFN3O2S. The zero-order valence-electron chi connectivity index (χ0n) is 11.0. The third-order valence-electron chi connectivity index (χ3n) is 2.83. The summed E-state index contributed by atoms with van der Waals surface area (Å²) in [4.78, 5) is 0.00848. The van der Waals surface area contributed by atoms with E-state index in [0.717, 1.165) is 0 Å². The van der Waals surface area contributed by atoms with Crippen LogP contribution in [0.3, 0.4) is 0 Å². The Morgan fingerprint density at radius 1 is 1.24 bits per heavy atom. The van der Waals surface area contributed by atoms with Crippen LogP contribution in [0.1, 0.15) is 0 Å². The van der Waals surface area contributed by atoms with Crippen LogP contribution in [0.15, 0.2) is 41.3 Å². The van der Waals surface area contributed by atoms with Gasteiger partial charge in [0.05, 0.1) is 27.0 Å². The first kappa shape index (κ1) is 15.6. The Morgan fingerprint density at radius 3 is 2.57 bits per heavy atom. The third-order valence-corrected chi connectivity index (χ3v) is 4.55. The third kappa shape index (κ3) is 3.26. The molecule has 0 amide bonds. The van der Waals surface area contributed by atoms with Crippen LogP contribution in [0.4, 0.5) is 21.5 Å². The van der Waals surface area contributed by atoms with Gasteiger partial charge in [-0.1, -0.05) is 17.7 Å². The lowest BCUT2D eigenvalue weighted by Gasteiger charge is -2.13. The second-order valence-corrected chi connectivity index (χ2v) is 6.47. The van der Waals surface area contributed by atoms with Crippen molar-refractivity contribution in [2.24, 2.45) is 0 Å². The Morgan fingerprint density at radius 2 is 1.95 bits per heavy atom. The highest BCUT2D eigenvalue weighted by molar-refractivity contribution is 7.89. The standard InChI is InChI=1S/C13H13ClFN3O2S/c1-17-21(19,20)8-5-6-11(16)12(7-8)18-13-9(14)3-2-4-10(13)15/h2-7,17-18H,16H2,1H3. The molecule has 0 aliphatic rings. The number of nitrogens with one attached hydrogen (secondary N) is 2. The minimum atomic E-state index is -3.62. The Labute approximate surface area is 127 Å². The highest BCUT2D eigenvalue weighted by Crippen LogP contribution is 2.31. The van der Waals surface area contributed by atoms with Crippen LogP contribution in [-0.4, -0.2) is 15.5 Å². The summed E-state index contributed by atoms with van der Waals surface area (Å²) in [5.74, 6) is -0.566. The predicted molar refractivity (Wildman–Crippen MR) is 81.8 cm³/mol. The van der Waals surface area contributed by atoms with E-state index in [1.807, 2.05) is 0 Å². The van der Waals surface area contributed by atoms with Crippen molar-refractivity contribution in [1.29, 1.82) is 0 Å². The molecule has 0 aliphatic carbocycles. The Hall–Kier alpha value is -1.83. The SMILES string of the molecule is CNS(=O)(=O)c1ccc(N)c(Nc2c(F)cccc2Cl)c1. The molecule has 2 aromatic rings. The zero-order chi connectivity index (χ0) is 15.6. The van der Waals surface area contributed by atoms with E-state index in [0.29, 0.717) is 0 Å². The van der Waals surface area contributed by atoms with E-state index < -0.39 is 15.8 Å². The second kappa shape index (κ2) is 5.88. The molecule has 0 saturated carbocycles. The molecule has 0 aromatic heterocycles. The number of halogens is 2. The van der Waals surface area contributed by atoms with Crippen molar-refractivity contribution < 1.29 is 12.8 Å². The van der Waals surface area contributed by atoms with E-state index in [1.54, 1.807) is 0 Å². The highest BCUT2D eigenvalue weighted by Gasteiger charge is 2.15. The summed E-state index contributed by atoms with van der Waals surface area (Å²) in [5, 5.41) is 2.88. The van der Waals surface area contributed by atoms with Crippen molar-refractivity contribution in [3.05, 3.63) is 47.2 Å². The van der Waals surface area contributed by atoms with Gasteiger partial charge in [-0.05, 0) is 37.4 Å². The Kier molecular flexibility index (Phi) is 4.36. The van der Waals surface area contributed by atoms with Gasteiger partial charge in [-0.25, -0.2) is 17.5 Å². The monoisotopic (exact) mass is 329 g/mol. The lowest BCUT2D eigenvalue weighted by Crippen LogP contribution is -2.18. The van der Waals surface area contributed by atoms with Gasteiger partial charge in [0, 0.05) is 0 Å². The molecule has 4 N–H and O–H groups in total. The van der Waals surface area contributed by atoms with Crippen LogP contribution >= 0.6 is 11.6 Å². The first-order chi connectivity index (χ1) is 9.85. The normalized spacial score (nSPS) is 11.4. The number of rotatable bonds is 4. The number of nitrogens with two attached hydrogens (primary N) is 1. The summed E-state index contributed by atoms with van der Waals surface area (Å²) in [6.45, 7) is 0. The van der Waals surface area contributed by atoms with Gasteiger partial charge in [0.25, 0.3) is 0 Å². The number of hydrogen-bond acceptors (Lipinski definition) is 4. The topological polar surface area (TPSA) is 84.2 Å². The summed E-state index contributed by atoms with van der Waals surface area (Å²) in [6.07, 6.45) is 0. The van der Waals surface area contributed by atoms with E-state index >= 15 is 0 Å². The predicted octanol–water partition coefficient (Wildman–Crippen LogP) is 2.71. The largest absolute Gasteiger partial charge is 0.397 e. The fourth-order valence-electron chi connectivity index (χ4n) is 1.68. The molecule has 0 bridgehead atoms. The van der Waals surface area contributed by atoms with Crippen molar-refractivity contribution in [1.82, 2.24) is 4.72 Å². The van der Waals surface area contributed by atoms with Gasteiger partial charge >= 0.3 is 0 Å². The average molecular weight is 330 g/mol. The van der Waals surface area contributed by atoms with Crippen molar-refractivity contribution in [3.8, 4) is 0 Å². The Bertz CT molecular complexity index is 761. The number of sulfonamides is 1. The zero-order valence-corrected chi connectivity index (χ0v) is 12.6. The van der Waals surface area contributed by atoms with Gasteiger partial charge in [0.1, 0.15) is 5.82 Å². The van der Waals surface area contributed by atoms with Gasteiger partial charge in [-0.2, -0.15) is 0 Å². The van der Waals surface area contributed by atoms with Crippen LogP contribution in [0.2, 0.25) is 5.02 Å². The van der Waals surface area contributed by atoms with Gasteiger partial charge in [-0.3, -0.25) is 0 Å². The van der Waals surface area contributed by atoms with E-state index in [-0.39, 0.29) is 27.0 Å². The molecule has 112 valence electrons. The smallest absolute Gasteiger partial charge is 0.240 e. The molecule has 8 heteroatoms. The lowest BCUT2D eigenvalue weighted by molar-refractivity contribution is 0.588. The number of nitrogen functional groups attached to an aromatic ring is 1. The maximum atomic E-state index is 13.8. The number of benzene rings is 2. The van der Waals surface area contributed by atoms with Crippen molar-refractivity contribution >= 4 is 38.7 Å². The fraction of sp³-hybridized carbons (Fsp3) is 0.0769. The number of hydrogen-bond donors (Lipinski definition) is 3. The molecular weight excluding hydrogens is 317 g/mol. The molecule has 0 fully saturated rings. The quantitative estimate of drug-likeness (QED) is 0.753. The van der Waals surface area contributed by atoms with Crippen LogP contribution in [0.25, 0.3) is 0 Å². The molecule has 0 heterocycles. The minimum Gasteiger partial charge on any atom is -0.397 e. The molecule has 0 spiro atoms. The maximum absolute atomic E-state index is 13.8. The average Bonchev–Trinajstić information content (AvgIpc) is 2.44.